The average Bonchev–Trinajstić information content (AvgIpc) is 3.92. The molecular weight excluding hydrogens is 743 g/mol. The van der Waals surface area contributed by atoms with E-state index in [2.05, 4.69) is 148 Å². The summed E-state index contributed by atoms with van der Waals surface area (Å²) >= 11 is -0.826. The van der Waals surface area contributed by atoms with Crippen molar-refractivity contribution in [2.45, 2.75) is 52.6 Å². The number of rotatable bonds is 2. The molecule has 0 aliphatic heterocycles. The normalized spacial score (nSPS) is 12.3. The molecule has 8 aromatic rings. The van der Waals surface area contributed by atoms with E-state index in [0.717, 1.165) is 9.52 Å². The fourth-order valence-electron chi connectivity index (χ4n) is 8.20. The summed E-state index contributed by atoms with van der Waals surface area (Å²) in [6.45, 7) is 8.66. The number of hydrogen-bond acceptors (Lipinski definition) is 0. The van der Waals surface area contributed by atoms with Gasteiger partial charge in [-0.3, -0.25) is 0 Å². The first-order valence-electron chi connectivity index (χ1n) is 17.4. The minimum absolute atomic E-state index is 0.826. The van der Waals surface area contributed by atoms with Crippen LogP contribution >= 0.6 is 17.0 Å². The van der Waals surface area contributed by atoms with Crippen molar-refractivity contribution in [1.82, 2.24) is 0 Å². The van der Waals surface area contributed by atoms with E-state index >= 15 is 0 Å². The first-order valence-corrected chi connectivity index (χ1v) is 25.7. The molecule has 50 heavy (non-hydrogen) atoms. The van der Waals surface area contributed by atoms with Gasteiger partial charge < -0.3 is 0 Å². The van der Waals surface area contributed by atoms with E-state index < -0.39 is 20.8 Å². The van der Waals surface area contributed by atoms with Crippen LogP contribution in [0.25, 0.3) is 65.3 Å². The van der Waals surface area contributed by atoms with Crippen LogP contribution in [0.5, 0.6) is 0 Å². The molecule has 2 aliphatic carbocycles. The molecule has 10 rings (SSSR count). The summed E-state index contributed by atoms with van der Waals surface area (Å²) in [5.74, 6) is 0. The second-order valence-electron chi connectivity index (χ2n) is 13.5. The third-order valence-corrected chi connectivity index (χ3v) is 10.1. The van der Waals surface area contributed by atoms with E-state index in [-0.39, 0.29) is 0 Å². The van der Waals surface area contributed by atoms with Crippen molar-refractivity contribution in [2.75, 3.05) is 0 Å². The Bertz CT molecular complexity index is 2270. The van der Waals surface area contributed by atoms with Crippen LogP contribution in [0.4, 0.5) is 0 Å². The first-order chi connectivity index (χ1) is 24.4. The van der Waals surface area contributed by atoms with Crippen LogP contribution in [0.3, 0.4) is 0 Å². The molecule has 0 bridgehead atoms. The zero-order chi connectivity index (χ0) is 34.8. The molecule has 2 aliphatic rings. The Labute approximate surface area is 317 Å². The van der Waals surface area contributed by atoms with Crippen molar-refractivity contribution in [1.29, 1.82) is 0 Å². The van der Waals surface area contributed by atoms with Crippen molar-refractivity contribution in [3.05, 3.63) is 155 Å². The SMILES string of the molecule is C[Si]C.Cc1cc2c(-c3ccc4c5c(cccc35)CC4)cccc2[cH-]1.Cc1cc2c(-c3ccc4c5c(cccc35)CC4)cccc2[cH-]1.[Cl][Zr+2][Cl]. The van der Waals surface area contributed by atoms with Crippen molar-refractivity contribution >= 4 is 69.6 Å². The zero-order valence-electron chi connectivity index (χ0n) is 29.1. The van der Waals surface area contributed by atoms with Gasteiger partial charge in [0.05, 0.1) is 0 Å². The molecule has 0 amide bonds. The molecule has 0 atom stereocenters. The van der Waals surface area contributed by atoms with Gasteiger partial charge in [-0.05, 0) is 80.6 Å². The predicted octanol–water partition coefficient (Wildman–Crippen LogP) is 13.7. The first kappa shape index (κ1) is 35.2. The van der Waals surface area contributed by atoms with Crippen LogP contribution in [-0.4, -0.2) is 9.52 Å². The zero-order valence-corrected chi connectivity index (χ0v) is 34.1. The van der Waals surface area contributed by atoms with E-state index in [9.17, 15) is 0 Å². The van der Waals surface area contributed by atoms with Gasteiger partial charge in [0.15, 0.2) is 0 Å². The maximum absolute atomic E-state index is 4.93. The molecule has 0 saturated heterocycles. The topological polar surface area (TPSA) is 0 Å². The summed E-state index contributed by atoms with van der Waals surface area (Å²) in [6, 6.07) is 45.4. The minimum atomic E-state index is -0.826. The van der Waals surface area contributed by atoms with Crippen LogP contribution in [0.2, 0.25) is 13.1 Å². The molecule has 0 fully saturated rings. The molecule has 246 valence electrons. The van der Waals surface area contributed by atoms with Crippen LogP contribution in [0.15, 0.2) is 121 Å². The molecule has 0 spiro atoms. The summed E-state index contributed by atoms with van der Waals surface area (Å²) in [6.07, 6.45) is 4.76. The summed E-state index contributed by atoms with van der Waals surface area (Å²) in [5, 5.41) is 11.3. The van der Waals surface area contributed by atoms with Gasteiger partial charge in [0.2, 0.25) is 0 Å². The van der Waals surface area contributed by atoms with Gasteiger partial charge in [-0.25, -0.2) is 0 Å². The fraction of sp³-hybridized carbons (Fsp3) is 0.174. The van der Waals surface area contributed by atoms with Crippen LogP contribution in [-0.2, 0) is 46.5 Å². The van der Waals surface area contributed by atoms with Crippen molar-refractivity contribution in [2.24, 2.45) is 0 Å². The van der Waals surface area contributed by atoms with E-state index in [1.165, 1.54) is 124 Å². The molecule has 8 aromatic carbocycles. The molecule has 2 radical (unpaired) electrons. The van der Waals surface area contributed by atoms with Crippen molar-refractivity contribution < 1.29 is 20.8 Å². The van der Waals surface area contributed by atoms with Crippen LogP contribution in [0.1, 0.15) is 33.4 Å². The third-order valence-electron chi connectivity index (χ3n) is 10.1. The number of fused-ring (bicyclic) bond motifs is 2. The van der Waals surface area contributed by atoms with E-state index in [1.54, 1.807) is 0 Å². The van der Waals surface area contributed by atoms with Gasteiger partial charge in [0.1, 0.15) is 0 Å². The van der Waals surface area contributed by atoms with E-state index in [4.69, 9.17) is 17.0 Å². The Morgan fingerprint density at radius 3 is 1.22 bits per heavy atom. The number of hydrogen-bond donors (Lipinski definition) is 0. The Balaban J connectivity index is 0.000000136. The fourth-order valence-corrected chi connectivity index (χ4v) is 8.20. The summed E-state index contributed by atoms with van der Waals surface area (Å²) < 4.78 is 0. The second-order valence-corrected chi connectivity index (χ2v) is 18.2. The maximum atomic E-state index is 4.93. The molecule has 0 heterocycles. The molecule has 0 saturated carbocycles. The number of halogens is 2. The quantitative estimate of drug-likeness (QED) is 0.121. The molecular formula is C46H40Cl2SiZr. The van der Waals surface area contributed by atoms with Crippen LogP contribution in [0, 0.1) is 13.8 Å². The Kier molecular flexibility index (Phi) is 10.9. The van der Waals surface area contributed by atoms with Crippen LogP contribution < -0.4 is 0 Å². The van der Waals surface area contributed by atoms with Gasteiger partial charge in [0, 0.05) is 9.52 Å². The van der Waals surface area contributed by atoms with Gasteiger partial charge >= 0.3 is 37.9 Å². The summed E-state index contributed by atoms with van der Waals surface area (Å²) in [7, 11) is 11.0. The Morgan fingerprint density at radius 1 is 0.480 bits per heavy atom. The van der Waals surface area contributed by atoms with Gasteiger partial charge in [-0.2, -0.15) is 12.1 Å². The number of aryl methyl sites for hydroxylation is 6. The molecule has 0 nitrogen and oxygen atoms in total. The van der Waals surface area contributed by atoms with Gasteiger partial charge in [0.25, 0.3) is 0 Å². The van der Waals surface area contributed by atoms with Gasteiger partial charge in [-0.15, -0.1) is 69.1 Å². The monoisotopic (exact) mass is 780 g/mol. The summed E-state index contributed by atoms with van der Waals surface area (Å²) in [4.78, 5) is 0. The number of benzene rings is 6. The second kappa shape index (κ2) is 15.5. The van der Waals surface area contributed by atoms with E-state index in [0.29, 0.717) is 0 Å². The standard InChI is InChI=1S/2C22H17.C2H6Si.2ClH.Zr/c2*1-14-12-17-5-3-6-18(21(17)13-14)19-11-10-16-9-8-15-4-2-7-20(19)22(15)16;1-3-2;;;/h2*2-7,10-13H,8-9H2,1H3;1-2H3;2*1H;/q2*-1;;;;+4/p-2. The predicted molar refractivity (Wildman–Crippen MR) is 218 cm³/mol. The molecule has 0 N–H and O–H groups in total. The molecule has 4 heteroatoms. The van der Waals surface area contributed by atoms with Crippen molar-refractivity contribution in [3.63, 3.8) is 0 Å². The third kappa shape index (κ3) is 6.73. The Hall–Kier alpha value is -3.26. The molecule has 0 unspecified atom stereocenters. The van der Waals surface area contributed by atoms with Gasteiger partial charge in [-0.1, -0.05) is 111 Å². The molecule has 0 aromatic heterocycles. The van der Waals surface area contributed by atoms with E-state index in [1.807, 2.05) is 0 Å². The Morgan fingerprint density at radius 2 is 0.820 bits per heavy atom. The van der Waals surface area contributed by atoms with Crippen molar-refractivity contribution in [3.8, 4) is 22.3 Å². The average molecular weight is 783 g/mol. The summed E-state index contributed by atoms with van der Waals surface area (Å²) in [5.41, 5.74) is 14.2.